The topological polar surface area (TPSA) is 64.4 Å². The van der Waals surface area contributed by atoms with Crippen LogP contribution < -0.4 is 0 Å². The van der Waals surface area contributed by atoms with Crippen molar-refractivity contribution in [2.24, 2.45) is 5.92 Å². The van der Waals surface area contributed by atoms with Crippen molar-refractivity contribution in [3.8, 4) is 16.9 Å². The molecule has 0 saturated heterocycles. The van der Waals surface area contributed by atoms with Crippen LogP contribution in [-0.2, 0) is 4.74 Å². The van der Waals surface area contributed by atoms with Gasteiger partial charge >= 0.3 is 5.97 Å². The molecule has 184 valence electrons. The van der Waals surface area contributed by atoms with E-state index < -0.39 is 5.97 Å². The van der Waals surface area contributed by atoms with E-state index in [9.17, 15) is 9.59 Å². The summed E-state index contributed by atoms with van der Waals surface area (Å²) in [4.78, 5) is 27.6. The lowest BCUT2D eigenvalue weighted by molar-refractivity contribution is 0.0518. The fourth-order valence-electron chi connectivity index (χ4n) is 4.52. The van der Waals surface area contributed by atoms with E-state index in [0.29, 0.717) is 11.5 Å². The van der Waals surface area contributed by atoms with Crippen LogP contribution in [0.1, 0.15) is 54.0 Å². The molecule has 0 N–H and O–H groups in total. The normalized spacial score (nSPS) is 13.1. The molecule has 0 bridgehead atoms. The lowest BCUT2D eigenvalue weighted by Gasteiger charge is -2.22. The molecule has 0 radical (unpaired) electrons. The molecule has 6 heteroatoms. The van der Waals surface area contributed by atoms with Crippen LogP contribution in [0.15, 0.2) is 72.8 Å². The van der Waals surface area contributed by atoms with Gasteiger partial charge < -0.3 is 9.64 Å². The molecule has 0 unspecified atom stereocenters. The van der Waals surface area contributed by atoms with E-state index in [1.54, 1.807) is 17.7 Å². The van der Waals surface area contributed by atoms with Crippen molar-refractivity contribution in [1.82, 2.24) is 14.7 Å². The van der Waals surface area contributed by atoms with Crippen molar-refractivity contribution >= 4 is 22.6 Å². The van der Waals surface area contributed by atoms with Crippen molar-refractivity contribution in [2.75, 3.05) is 19.7 Å². The van der Waals surface area contributed by atoms with Crippen LogP contribution >= 0.6 is 0 Å². The number of ether oxygens (including phenoxy) is 1. The predicted octanol–water partition coefficient (Wildman–Crippen LogP) is 6.13. The molecule has 4 aromatic rings. The van der Waals surface area contributed by atoms with Crippen LogP contribution in [0.4, 0.5) is 0 Å². The molecule has 1 fully saturated rings. The van der Waals surface area contributed by atoms with E-state index >= 15 is 0 Å². The van der Waals surface area contributed by atoms with Crippen molar-refractivity contribution < 1.29 is 14.3 Å². The summed E-state index contributed by atoms with van der Waals surface area (Å²) in [5, 5.41) is 6.84. The lowest BCUT2D eigenvalue weighted by Crippen LogP contribution is -2.33. The number of esters is 1. The van der Waals surface area contributed by atoms with Crippen molar-refractivity contribution in [3.05, 3.63) is 84.1 Å². The number of hydrogen-bond acceptors (Lipinski definition) is 4. The summed E-state index contributed by atoms with van der Waals surface area (Å²) in [7, 11) is 0. The average Bonchev–Trinajstić information content (AvgIpc) is 3.62. The second-order valence-corrected chi connectivity index (χ2v) is 9.35. The third kappa shape index (κ3) is 5.03. The van der Waals surface area contributed by atoms with Gasteiger partial charge in [0.25, 0.3) is 5.91 Å². The summed E-state index contributed by atoms with van der Waals surface area (Å²) < 4.78 is 6.96. The van der Waals surface area contributed by atoms with E-state index in [4.69, 9.17) is 4.74 Å². The summed E-state index contributed by atoms with van der Waals surface area (Å²) in [6, 6.07) is 23.6. The third-order valence-electron chi connectivity index (χ3n) is 6.55. The maximum atomic E-state index is 13.2. The molecule has 1 aliphatic carbocycles. The molecule has 0 spiro atoms. The highest BCUT2D eigenvalue weighted by molar-refractivity contribution is 5.94. The van der Waals surface area contributed by atoms with Gasteiger partial charge in [-0.1, -0.05) is 43.3 Å². The quantitative estimate of drug-likeness (QED) is 0.270. The van der Waals surface area contributed by atoms with Gasteiger partial charge in [-0.05, 0) is 79.3 Å². The molecule has 6 nitrogen and oxygen atoms in total. The number of aromatic nitrogens is 2. The van der Waals surface area contributed by atoms with Gasteiger partial charge in [-0.25, -0.2) is 9.48 Å². The maximum absolute atomic E-state index is 13.2. The first-order valence-electron chi connectivity index (χ1n) is 12.7. The van der Waals surface area contributed by atoms with Crippen LogP contribution in [-0.4, -0.2) is 46.3 Å². The Labute approximate surface area is 211 Å². The third-order valence-corrected chi connectivity index (χ3v) is 6.55. The van der Waals surface area contributed by atoms with Gasteiger partial charge in [0.05, 0.1) is 18.0 Å². The monoisotopic (exact) mass is 481 g/mol. The number of fused-ring (bicyclic) bond motifs is 1. The van der Waals surface area contributed by atoms with Crippen LogP contribution in [0.2, 0.25) is 0 Å². The van der Waals surface area contributed by atoms with E-state index in [2.05, 4.69) is 36.3 Å². The van der Waals surface area contributed by atoms with E-state index in [0.717, 1.165) is 47.2 Å². The number of hydrogen-bond donors (Lipinski definition) is 0. The number of carbonyl (C=O) groups is 2. The zero-order chi connectivity index (χ0) is 25.1. The zero-order valence-corrected chi connectivity index (χ0v) is 20.8. The van der Waals surface area contributed by atoms with E-state index in [1.165, 1.54) is 12.8 Å². The molecule has 1 saturated carbocycles. The maximum Gasteiger partial charge on any atom is 0.358 e. The Bertz CT molecular complexity index is 1390. The number of amides is 1. The highest BCUT2D eigenvalue weighted by Crippen LogP contribution is 2.31. The van der Waals surface area contributed by atoms with Gasteiger partial charge in [0.1, 0.15) is 0 Å². The first-order valence-corrected chi connectivity index (χ1v) is 12.7. The minimum atomic E-state index is -0.458. The second-order valence-electron chi connectivity index (χ2n) is 9.35. The molecule has 36 heavy (non-hydrogen) atoms. The number of rotatable bonds is 9. The molecular weight excluding hydrogens is 450 g/mol. The first-order chi connectivity index (χ1) is 17.6. The molecule has 0 aliphatic heterocycles. The summed E-state index contributed by atoms with van der Waals surface area (Å²) >= 11 is 0. The summed E-state index contributed by atoms with van der Waals surface area (Å²) in [5.74, 6) is 0.257. The SMILES string of the molecule is CCCN(CC1CC1)C(=O)c1ccc(-n2nc(C(=O)OCC)cc2-c2ccc3ccccc3c2)cc1. The Hall–Kier alpha value is -3.93. The minimum absolute atomic E-state index is 0.0673. The Morgan fingerprint density at radius 2 is 1.72 bits per heavy atom. The Morgan fingerprint density at radius 1 is 0.972 bits per heavy atom. The van der Waals surface area contributed by atoms with Gasteiger partial charge in [0.15, 0.2) is 5.69 Å². The van der Waals surface area contributed by atoms with Crippen LogP contribution in [0, 0.1) is 5.92 Å². The van der Waals surface area contributed by atoms with Gasteiger partial charge in [-0.15, -0.1) is 0 Å². The van der Waals surface area contributed by atoms with Gasteiger partial charge in [0.2, 0.25) is 0 Å². The van der Waals surface area contributed by atoms with Crippen molar-refractivity contribution in [2.45, 2.75) is 33.1 Å². The fourth-order valence-corrected chi connectivity index (χ4v) is 4.52. The highest BCUT2D eigenvalue weighted by Gasteiger charge is 2.27. The van der Waals surface area contributed by atoms with Gasteiger partial charge in [-0.2, -0.15) is 5.10 Å². The summed E-state index contributed by atoms with van der Waals surface area (Å²) in [6.45, 7) is 5.76. The largest absolute Gasteiger partial charge is 0.461 e. The Kier molecular flexibility index (Phi) is 6.85. The Morgan fingerprint density at radius 3 is 2.42 bits per heavy atom. The first kappa shape index (κ1) is 23.8. The Balaban J connectivity index is 1.50. The number of carbonyl (C=O) groups excluding carboxylic acids is 2. The molecular formula is C30H31N3O3. The van der Waals surface area contributed by atoms with E-state index in [-0.39, 0.29) is 18.2 Å². The molecule has 1 aromatic heterocycles. The van der Waals surface area contributed by atoms with Crippen LogP contribution in [0.3, 0.4) is 0 Å². The second kappa shape index (κ2) is 10.4. The minimum Gasteiger partial charge on any atom is -0.461 e. The van der Waals surface area contributed by atoms with Crippen LogP contribution in [0.5, 0.6) is 0 Å². The van der Waals surface area contributed by atoms with Gasteiger partial charge in [-0.3, -0.25) is 4.79 Å². The number of benzene rings is 3. The fraction of sp³-hybridized carbons (Fsp3) is 0.300. The molecule has 1 heterocycles. The average molecular weight is 482 g/mol. The van der Waals surface area contributed by atoms with Crippen molar-refractivity contribution in [3.63, 3.8) is 0 Å². The van der Waals surface area contributed by atoms with Gasteiger partial charge in [0, 0.05) is 24.2 Å². The molecule has 1 aliphatic rings. The molecule has 3 aromatic carbocycles. The van der Waals surface area contributed by atoms with Crippen LogP contribution in [0.25, 0.3) is 27.7 Å². The predicted molar refractivity (Wildman–Crippen MR) is 141 cm³/mol. The smallest absolute Gasteiger partial charge is 0.358 e. The van der Waals surface area contributed by atoms with E-state index in [1.807, 2.05) is 47.4 Å². The summed E-state index contributed by atoms with van der Waals surface area (Å²) in [6.07, 6.45) is 3.37. The lowest BCUT2D eigenvalue weighted by atomic mass is 10.0. The molecule has 0 atom stereocenters. The summed E-state index contributed by atoms with van der Waals surface area (Å²) in [5.41, 5.74) is 3.41. The van der Waals surface area contributed by atoms with Crippen molar-refractivity contribution in [1.29, 1.82) is 0 Å². The molecule has 5 rings (SSSR count). The molecule has 1 amide bonds. The highest BCUT2D eigenvalue weighted by atomic mass is 16.5. The number of nitrogens with zero attached hydrogens (tertiary/aromatic N) is 3. The standard InChI is InChI=1S/C30H31N3O3/c1-3-17-32(20-21-9-10-21)29(34)23-13-15-26(16-14-23)33-28(19-27(31-33)30(35)36-4-2)25-12-11-22-7-5-6-8-24(22)18-25/h5-8,11-16,18-19,21H,3-4,9-10,17,20H2,1-2H3. The zero-order valence-electron chi connectivity index (χ0n) is 20.8.